The summed E-state index contributed by atoms with van der Waals surface area (Å²) in [4.78, 5) is 176. The van der Waals surface area contributed by atoms with Crippen molar-refractivity contribution in [1.29, 1.82) is 0 Å². The third kappa shape index (κ3) is 16.1. The number of ether oxygens (including phenoxy) is 1. The van der Waals surface area contributed by atoms with E-state index in [0.717, 1.165) is 57.1 Å². The van der Waals surface area contributed by atoms with Gasteiger partial charge in [0.1, 0.15) is 107 Å². The summed E-state index contributed by atoms with van der Waals surface area (Å²) < 4.78 is 6.22. The van der Waals surface area contributed by atoms with E-state index in [0.29, 0.717) is 0 Å². The van der Waals surface area contributed by atoms with E-state index in [9.17, 15) is 63.9 Å². The Labute approximate surface area is 608 Å². The summed E-state index contributed by atoms with van der Waals surface area (Å²) in [5, 5.41) is 87.4. The molecule has 0 aromatic carbocycles. The molecule has 103 heavy (non-hydrogen) atoms. The standard InChI is InChI=1S/C65H75N17O16S5/c1-12-33-58-76-40(20-100-58)55(93)81-48(64(11,97)30(10)85)61-77-39(21-102-61)53(91)80-44-29(9)98-62(96)36-17-32(27(7)83)31-13-14-34(46(86)45(31)71-36)70-42(23(2)3)56(94)69-25(5)51(89)67-24(4)50(88)68-26(6)52(90)82-65(63-78-41(22-103-63)54(92)79-43(28(8)84)57(95)73-33)16-15-35(59-75-38(19-99-59)49(66)87)72-47(65)37-18-101-60(44)74-37/h12-14,17-19,21-23,26-30,34,40,42-44,46-48,70,83-86,97H,4-5,15-16,20H2,1-3,6-11H3,(H2,66,87)(H,67,89)(H,68,88)(H,69,94)(H,73,95)(H,79,92)(H,80,91)(H,81,93)(H,82,90). The van der Waals surface area contributed by atoms with Gasteiger partial charge in [-0.2, -0.15) is 0 Å². The fourth-order valence-corrected chi connectivity index (χ4v) is 16.4. The molecule has 0 saturated carbocycles. The number of thioether (sulfide) groups is 1. The second-order valence-electron chi connectivity index (χ2n) is 25.5. The number of thiazole rings is 4. The van der Waals surface area contributed by atoms with Gasteiger partial charge in [0.2, 0.25) is 23.6 Å². The van der Waals surface area contributed by atoms with Gasteiger partial charge >= 0.3 is 5.97 Å². The maximum Gasteiger partial charge on any atom is 0.357 e. The number of fused-ring (bicyclic) bond motifs is 7. The Morgan fingerprint density at radius 3 is 2.11 bits per heavy atom. The van der Waals surface area contributed by atoms with Crippen molar-refractivity contribution >= 4 is 133 Å². The van der Waals surface area contributed by atoms with Crippen molar-refractivity contribution in [3.63, 3.8) is 0 Å². The van der Waals surface area contributed by atoms with Gasteiger partial charge in [-0.1, -0.05) is 45.2 Å². The maximum atomic E-state index is 15.2. The zero-order valence-corrected chi connectivity index (χ0v) is 60.8. The van der Waals surface area contributed by atoms with E-state index in [4.69, 9.17) is 25.4 Å². The van der Waals surface area contributed by atoms with Gasteiger partial charge in [-0.15, -0.1) is 57.1 Å². The van der Waals surface area contributed by atoms with Crippen LogP contribution in [0, 0.1) is 5.92 Å². The molecule has 16 N–H and O–H groups in total. The summed E-state index contributed by atoms with van der Waals surface area (Å²) in [5.41, 5.74) is -0.255. The maximum absolute atomic E-state index is 15.2. The number of cyclic esters (lactones) is 1. The van der Waals surface area contributed by atoms with Crippen molar-refractivity contribution in [3.05, 3.63) is 135 Å². The third-order valence-electron chi connectivity index (χ3n) is 17.6. The Balaban J connectivity index is 1.17. The molecule has 15 atom stereocenters. The molecule has 9 heterocycles. The van der Waals surface area contributed by atoms with Gasteiger partial charge in [0, 0.05) is 32.8 Å². The summed E-state index contributed by atoms with van der Waals surface area (Å²) in [7, 11) is 0. The number of aromatic nitrogens is 5. The normalized spacial score (nSPS) is 27.7. The topological polar surface area (TPSA) is 505 Å². The molecule has 1 aliphatic carbocycles. The molecule has 13 bridgehead atoms. The molecule has 5 aromatic rings. The van der Waals surface area contributed by atoms with E-state index in [1.165, 1.54) is 87.4 Å². The van der Waals surface area contributed by atoms with Crippen LogP contribution in [0.1, 0.15) is 190 Å². The number of aliphatic hydroxyl groups excluding tert-OH is 4. The molecule has 9 amide bonds. The van der Waals surface area contributed by atoms with Crippen LogP contribution < -0.4 is 53.6 Å². The summed E-state index contributed by atoms with van der Waals surface area (Å²) in [6.07, 6.45) is -3.24. The van der Waals surface area contributed by atoms with Gasteiger partial charge in [-0.3, -0.25) is 58.5 Å². The van der Waals surface area contributed by atoms with Gasteiger partial charge in [0.15, 0.2) is 0 Å². The number of rotatable bonds is 7. The number of pyridine rings is 1. The molecular weight excluding hydrogens is 1440 g/mol. The third-order valence-corrected chi connectivity index (χ3v) is 22.5. The van der Waals surface area contributed by atoms with Gasteiger partial charge in [-0.05, 0) is 78.9 Å². The average molecular weight is 1510 g/mol. The lowest BCUT2D eigenvalue weighted by atomic mass is 9.80. The second kappa shape index (κ2) is 31.0. The highest BCUT2D eigenvalue weighted by atomic mass is 32.2. The number of hydrogen-bond acceptors (Lipinski definition) is 29. The highest BCUT2D eigenvalue weighted by Crippen LogP contribution is 2.48. The number of esters is 1. The Kier molecular flexibility index (Phi) is 23.0. The Bertz CT molecular complexity index is 4420. The highest BCUT2D eigenvalue weighted by Gasteiger charge is 2.51. The molecule has 33 nitrogen and oxygen atoms in total. The molecule has 0 radical (unpaired) electrons. The van der Waals surface area contributed by atoms with Crippen LogP contribution in [0.15, 0.2) is 80.0 Å². The molecule has 15 unspecified atom stereocenters. The first-order valence-corrected chi connectivity index (χ1v) is 36.7. The number of nitrogens with two attached hydrogens (primary N) is 1. The Hall–Kier alpha value is -9.22. The highest BCUT2D eigenvalue weighted by molar-refractivity contribution is 8.14. The zero-order valence-electron chi connectivity index (χ0n) is 56.7. The van der Waals surface area contributed by atoms with Gasteiger partial charge in [0.05, 0.1) is 64.6 Å². The average Bonchev–Trinajstić information content (AvgIpc) is 1.70. The number of carbonyl (C=O) groups is 10. The van der Waals surface area contributed by atoms with Crippen LogP contribution in [0.25, 0.3) is 6.08 Å². The number of carbonyl (C=O) groups excluding carboxylic acids is 10. The molecule has 5 aliphatic rings. The zero-order chi connectivity index (χ0) is 75.0. The van der Waals surface area contributed by atoms with E-state index in [1.807, 2.05) is 0 Å². The summed E-state index contributed by atoms with van der Waals surface area (Å²) >= 11 is 4.66. The Morgan fingerprint density at radius 1 is 0.757 bits per heavy atom. The van der Waals surface area contributed by atoms with E-state index in [-0.39, 0.29) is 94.7 Å². The number of hydrogen-bond donors (Lipinski definition) is 15. The number of primary amides is 1. The molecule has 5 aromatic heterocycles. The molecule has 4 aliphatic heterocycles. The van der Waals surface area contributed by atoms with Crippen LogP contribution in [0.3, 0.4) is 0 Å². The lowest BCUT2D eigenvalue weighted by Crippen LogP contribution is -2.57. The molecule has 546 valence electrons. The fourth-order valence-electron chi connectivity index (χ4n) is 11.5. The second-order valence-corrected chi connectivity index (χ2v) is 30.0. The van der Waals surface area contributed by atoms with E-state index >= 15 is 9.59 Å². The lowest BCUT2D eigenvalue weighted by Gasteiger charge is -2.41. The lowest BCUT2D eigenvalue weighted by molar-refractivity contribution is -0.129. The number of nitrogens with zero attached hydrogens (tertiary/aromatic N) is 7. The van der Waals surface area contributed by atoms with Gasteiger partial charge in [-0.25, -0.2) is 29.7 Å². The van der Waals surface area contributed by atoms with Crippen LogP contribution in [0.5, 0.6) is 0 Å². The van der Waals surface area contributed by atoms with Crippen LogP contribution in [0.4, 0.5) is 0 Å². The van der Waals surface area contributed by atoms with Crippen molar-refractivity contribution in [2.45, 2.75) is 165 Å². The SMILES string of the molecule is C=C1NC(=O)C(C(C)C)NC2C=Cc3c(C(C)O)cc(nc3C2O)C(=O)OC(C)C2NC(=O)c3csc(n3)C(C(C)(O)C(C)O)NC(=O)C3CSC(=N3)C(=CC)NC(=O)C(C(C)O)NC(=O)c3csc(n3)C3(CCC(c4nc(C(N)=O)cs4)=NC3c3csc2n3)NC(=O)C(C)NC(=O)C(=C)NC1=O. The number of aliphatic hydroxyl groups is 5. The van der Waals surface area contributed by atoms with Crippen molar-refractivity contribution < 1.29 is 78.2 Å². The minimum atomic E-state index is -2.18. The number of allylic oxidation sites excluding steroid dienone is 1. The number of amides is 9. The predicted molar refractivity (Wildman–Crippen MR) is 379 cm³/mol. The smallest absolute Gasteiger partial charge is 0.357 e. The van der Waals surface area contributed by atoms with E-state index < -0.39 is 172 Å². The van der Waals surface area contributed by atoms with Crippen molar-refractivity contribution in [1.82, 2.24) is 72.8 Å². The summed E-state index contributed by atoms with van der Waals surface area (Å²) in [6, 6.07) is -9.94. The van der Waals surface area contributed by atoms with Crippen LogP contribution in [0.2, 0.25) is 0 Å². The summed E-state index contributed by atoms with van der Waals surface area (Å²) in [5.74, 6) is -10.1. The first kappa shape index (κ1) is 76.4. The summed E-state index contributed by atoms with van der Waals surface area (Å²) in [6.45, 7) is 20.2. The van der Waals surface area contributed by atoms with E-state index in [2.05, 4.69) is 81.0 Å². The predicted octanol–water partition coefficient (Wildman–Crippen LogP) is 1.25. The fraction of sp³-hybridized carbons (Fsp3) is 0.431. The Morgan fingerprint density at radius 2 is 1.44 bits per heavy atom. The van der Waals surface area contributed by atoms with Gasteiger partial charge in [0.25, 0.3) is 29.5 Å². The molecular formula is C65H75N17O16S5. The molecule has 0 saturated heterocycles. The number of aliphatic imine (C=N–C) groups is 2. The van der Waals surface area contributed by atoms with Gasteiger partial charge < -0.3 is 78.5 Å². The van der Waals surface area contributed by atoms with Crippen molar-refractivity contribution in [3.8, 4) is 0 Å². The largest absolute Gasteiger partial charge is 0.455 e. The monoisotopic (exact) mass is 1510 g/mol. The van der Waals surface area contributed by atoms with Crippen molar-refractivity contribution in [2.75, 3.05) is 5.75 Å². The van der Waals surface area contributed by atoms with E-state index in [1.54, 1.807) is 20.8 Å². The number of nitrogens with one attached hydrogen (secondary N) is 9. The minimum absolute atomic E-state index is 0.00198. The molecule has 0 spiro atoms. The molecule has 38 heteroatoms. The van der Waals surface area contributed by atoms with Crippen LogP contribution in [-0.4, -0.2) is 180 Å². The van der Waals surface area contributed by atoms with Crippen LogP contribution >= 0.6 is 57.1 Å². The quantitative estimate of drug-likeness (QED) is 0.0805. The molecule has 10 rings (SSSR count). The van der Waals surface area contributed by atoms with Crippen molar-refractivity contribution in [2.24, 2.45) is 21.6 Å². The minimum Gasteiger partial charge on any atom is -0.455 e. The van der Waals surface area contributed by atoms with Crippen LogP contribution in [-0.2, 0) is 39.0 Å². The first-order valence-electron chi connectivity index (χ1n) is 32.2. The molecule has 0 fully saturated rings. The first-order chi connectivity index (χ1) is 48.6.